The monoisotopic (exact) mass is 1010 g/mol. The highest BCUT2D eigenvalue weighted by Gasteiger charge is 2.28. The lowest BCUT2D eigenvalue weighted by atomic mass is 10.1. The summed E-state index contributed by atoms with van der Waals surface area (Å²) in [5, 5.41) is 30.4. The number of ether oxygens (including phenoxy) is 6. The second-order valence-electron chi connectivity index (χ2n) is 14.5. The number of hydrogen-bond donors (Lipinski definition) is 6. The number of hydrogen-bond acceptors (Lipinski definition) is 18. The first-order valence-corrected chi connectivity index (χ1v) is 25.9. The molecule has 364 valence electrons. The van der Waals surface area contributed by atoms with Crippen molar-refractivity contribution >= 4 is 51.8 Å². The van der Waals surface area contributed by atoms with Crippen molar-refractivity contribution in [2.75, 3.05) is 51.5 Å². The Morgan fingerprint density at radius 2 is 0.833 bits per heavy atom. The Morgan fingerprint density at radius 3 is 1.14 bits per heavy atom. The zero-order valence-electron chi connectivity index (χ0n) is 35.9. The predicted octanol–water partition coefficient (Wildman–Crippen LogP) is 4.94. The van der Waals surface area contributed by atoms with Crippen molar-refractivity contribution in [2.45, 2.75) is 50.7 Å². The van der Waals surface area contributed by atoms with Gasteiger partial charge in [0.25, 0.3) is 40.5 Å². The number of nitrogens with zero attached hydrogens (tertiary/aromatic N) is 2. The molecule has 0 aliphatic rings. The highest BCUT2D eigenvalue weighted by Crippen LogP contribution is 2.46. The third-order valence-electron chi connectivity index (χ3n) is 9.59. The van der Waals surface area contributed by atoms with Gasteiger partial charge in [-0.25, -0.2) is 0 Å². The zero-order valence-corrected chi connectivity index (χ0v) is 39.2. The second kappa shape index (κ2) is 22.8. The van der Waals surface area contributed by atoms with E-state index >= 15 is 0 Å². The van der Waals surface area contributed by atoms with E-state index in [0.717, 1.165) is 0 Å². The topological polar surface area (TPSA) is 338 Å². The van der Waals surface area contributed by atoms with Crippen LogP contribution in [0.25, 0.3) is 0 Å². The van der Waals surface area contributed by atoms with E-state index in [1.54, 1.807) is 0 Å². The highest BCUT2D eigenvalue weighted by atomic mass is 32.2. The largest absolute Gasteiger partial charge is 0.504 e. The van der Waals surface area contributed by atoms with Crippen LogP contribution in [0.2, 0.25) is 0 Å². The van der Waals surface area contributed by atoms with E-state index in [0.29, 0.717) is 0 Å². The molecule has 0 aromatic heterocycles. The van der Waals surface area contributed by atoms with Crippen LogP contribution in [-0.4, -0.2) is 126 Å². The number of aryl methyl sites for hydroxylation is 2. The van der Waals surface area contributed by atoms with Gasteiger partial charge in [0.15, 0.2) is 46.0 Å². The first kappa shape index (κ1) is 53.1. The Balaban J connectivity index is 1.91. The van der Waals surface area contributed by atoms with E-state index in [9.17, 15) is 62.1 Å². The summed E-state index contributed by atoms with van der Waals surface area (Å²) in [7, 11) is -13.3. The molecule has 4 aromatic carbocycles. The van der Waals surface area contributed by atoms with Gasteiger partial charge in [-0.3, -0.25) is 18.2 Å². The Kier molecular flexibility index (Phi) is 18.4. The van der Waals surface area contributed by atoms with Crippen molar-refractivity contribution in [3.05, 3.63) is 82.9 Å². The summed E-state index contributed by atoms with van der Waals surface area (Å²) in [4.78, 5) is 0. The fourth-order valence-electron chi connectivity index (χ4n) is 6.76. The molecule has 6 N–H and O–H groups in total. The quantitative estimate of drug-likeness (QED) is 0.0358. The third-order valence-corrected chi connectivity index (χ3v) is 12.8. The van der Waals surface area contributed by atoms with Gasteiger partial charge >= 0.3 is 0 Å². The third kappa shape index (κ3) is 16.1. The van der Waals surface area contributed by atoms with E-state index in [4.69, 9.17) is 28.4 Å². The number of para-hydroxylation sites is 2. The van der Waals surface area contributed by atoms with E-state index in [1.165, 1.54) is 89.1 Å². The average Bonchev–Trinajstić information content (AvgIpc) is 3.20. The molecule has 0 aliphatic heterocycles. The molecular formula is C40H50N2O20S4. The lowest BCUT2D eigenvalue weighted by Crippen LogP contribution is -2.29. The number of phenolic OH excluding ortho intramolecular Hbond substituents is 2. The summed E-state index contributed by atoms with van der Waals surface area (Å²) >= 11 is 0. The van der Waals surface area contributed by atoms with E-state index in [2.05, 4.69) is 10.2 Å². The molecule has 26 heteroatoms. The molecule has 0 heterocycles. The fourth-order valence-corrected chi connectivity index (χ4v) is 9.09. The maximum Gasteiger partial charge on any atom is 0.268 e. The maximum atomic E-state index is 12.2. The maximum absolute atomic E-state index is 12.2. The van der Waals surface area contributed by atoms with Crippen molar-refractivity contribution in [1.82, 2.24) is 0 Å². The number of rotatable bonds is 26. The molecule has 0 radical (unpaired) electrons. The molecule has 66 heavy (non-hydrogen) atoms. The summed E-state index contributed by atoms with van der Waals surface area (Å²) < 4.78 is 168. The van der Waals surface area contributed by atoms with Gasteiger partial charge in [0, 0.05) is 24.0 Å². The standard InChI is InChI=1S/C40H50N2O20S4/c1-57-31-13-5-9-27(37(31)43)21-29(23-65(51,52)53)61-33-17-15-25(11-7-19-63(45,46)47)35(39(33)59-3)41-42-36-26(12-8-20-64(48,49)50)16-18-34(40(36)60-4)62-30(24-66(54,55)56)22-28-10-6-14-32(58-2)38(28)44/h5-6,9-10,13-18,29-30,43-44H,7-8,11-12,19-24H2,1-4H3,(H,45,46,47)(H,48,49,50)(H,51,52,53)(H,54,55,56). The lowest BCUT2D eigenvalue weighted by molar-refractivity contribution is 0.209. The number of benzene rings is 4. The predicted molar refractivity (Wildman–Crippen MR) is 238 cm³/mol. The number of methoxy groups -OCH3 is 4. The van der Waals surface area contributed by atoms with Crippen LogP contribution in [0, 0.1) is 0 Å². The minimum Gasteiger partial charge on any atom is -0.504 e. The minimum absolute atomic E-state index is 0.0694. The SMILES string of the molecule is COc1cccc(CC(CS(=O)(=O)O)Oc2ccc(CCCS(=O)(=O)O)c(N=Nc3c(CCCS(=O)(=O)O)ccc(OC(Cc4cccc(OC)c4O)CS(=O)(=O)O)c3OC)c2OC)c1O. The number of aromatic hydroxyl groups is 2. The molecule has 4 rings (SSSR count). The van der Waals surface area contributed by atoms with E-state index in [-0.39, 0.29) is 118 Å². The van der Waals surface area contributed by atoms with Crippen LogP contribution in [-0.2, 0) is 66.2 Å². The van der Waals surface area contributed by atoms with Gasteiger partial charge in [-0.1, -0.05) is 36.4 Å². The molecular weight excluding hydrogens is 957 g/mol. The summed E-state index contributed by atoms with van der Waals surface area (Å²) in [5.41, 5.74) is 0.561. The number of phenols is 2. The van der Waals surface area contributed by atoms with Gasteiger partial charge in [0.05, 0.1) is 39.9 Å². The first-order chi connectivity index (χ1) is 30.8. The first-order valence-electron chi connectivity index (χ1n) is 19.5. The summed E-state index contributed by atoms with van der Waals surface area (Å²) in [5.74, 6) is -4.57. The zero-order chi connectivity index (χ0) is 49.0. The van der Waals surface area contributed by atoms with Crippen LogP contribution >= 0.6 is 0 Å². The van der Waals surface area contributed by atoms with Crippen LogP contribution in [0.1, 0.15) is 35.1 Å². The van der Waals surface area contributed by atoms with Gasteiger partial charge < -0.3 is 38.6 Å². The van der Waals surface area contributed by atoms with Crippen LogP contribution < -0.4 is 28.4 Å². The van der Waals surface area contributed by atoms with Gasteiger partial charge in [0.1, 0.15) is 35.1 Å². The normalized spacial score (nSPS) is 13.3. The molecule has 0 saturated carbocycles. The van der Waals surface area contributed by atoms with Gasteiger partial charge in [-0.05, 0) is 61.1 Å². The molecule has 2 atom stereocenters. The molecule has 0 bridgehead atoms. The molecule has 0 spiro atoms. The molecule has 4 aromatic rings. The second-order valence-corrected chi connectivity index (χ2v) is 20.6. The Bertz CT molecular complexity index is 2630. The van der Waals surface area contributed by atoms with Crippen molar-refractivity contribution < 1.29 is 90.5 Å². The van der Waals surface area contributed by atoms with Crippen LogP contribution in [0.4, 0.5) is 11.4 Å². The van der Waals surface area contributed by atoms with Crippen LogP contribution in [0.3, 0.4) is 0 Å². The van der Waals surface area contributed by atoms with Gasteiger partial charge in [-0.2, -0.15) is 33.7 Å². The minimum atomic E-state index is -4.72. The van der Waals surface area contributed by atoms with Crippen LogP contribution in [0.15, 0.2) is 70.9 Å². The summed E-state index contributed by atoms with van der Waals surface area (Å²) in [6.07, 6.45) is -3.90. The summed E-state index contributed by atoms with van der Waals surface area (Å²) in [6.45, 7) is 0. The average molecular weight is 1010 g/mol. The van der Waals surface area contributed by atoms with Crippen molar-refractivity contribution in [2.24, 2.45) is 10.2 Å². The number of azo groups is 1. The Morgan fingerprint density at radius 1 is 0.470 bits per heavy atom. The smallest absolute Gasteiger partial charge is 0.268 e. The van der Waals surface area contributed by atoms with Crippen molar-refractivity contribution in [1.29, 1.82) is 0 Å². The van der Waals surface area contributed by atoms with Crippen molar-refractivity contribution in [3.63, 3.8) is 0 Å². The molecule has 0 fully saturated rings. The molecule has 0 amide bonds. The van der Waals surface area contributed by atoms with Crippen molar-refractivity contribution in [3.8, 4) is 46.0 Å². The Labute approximate surface area is 382 Å². The summed E-state index contributed by atoms with van der Waals surface area (Å²) in [6, 6.07) is 14.4. The lowest BCUT2D eigenvalue weighted by Gasteiger charge is -2.22. The fraction of sp³-hybridized carbons (Fsp3) is 0.400. The van der Waals surface area contributed by atoms with E-state index in [1.807, 2.05) is 0 Å². The van der Waals surface area contributed by atoms with Gasteiger partial charge in [0.2, 0.25) is 0 Å². The molecule has 0 saturated heterocycles. The van der Waals surface area contributed by atoms with Gasteiger partial charge in [-0.15, -0.1) is 10.2 Å². The van der Waals surface area contributed by atoms with Crippen LogP contribution in [0.5, 0.6) is 46.0 Å². The molecule has 0 aliphatic carbocycles. The van der Waals surface area contributed by atoms with E-state index < -0.39 is 75.7 Å². The molecule has 2 unspecified atom stereocenters. The molecule has 22 nitrogen and oxygen atoms in total. The Hall–Kier alpha value is -5.48. The highest BCUT2D eigenvalue weighted by molar-refractivity contribution is 7.86.